The van der Waals surface area contributed by atoms with E-state index in [4.69, 9.17) is 4.42 Å². The Morgan fingerprint density at radius 1 is 1.07 bits per heavy atom. The van der Waals surface area contributed by atoms with Crippen molar-refractivity contribution in [1.29, 1.82) is 0 Å². The molecule has 0 atom stereocenters. The fourth-order valence-electron chi connectivity index (χ4n) is 3.29. The molecule has 1 aromatic heterocycles. The molecule has 156 valence electrons. The first-order chi connectivity index (χ1) is 14.2. The van der Waals surface area contributed by atoms with Crippen LogP contribution in [0.4, 0.5) is 0 Å². The topological polar surface area (TPSA) is 81.9 Å². The van der Waals surface area contributed by atoms with Crippen molar-refractivity contribution in [3.63, 3.8) is 0 Å². The third-order valence-electron chi connectivity index (χ3n) is 4.85. The number of carbonyl (C=O) groups excluding carboxylic acids is 1. The maximum absolute atomic E-state index is 12.0. The molecule has 1 aromatic carbocycles. The van der Waals surface area contributed by atoms with Crippen molar-refractivity contribution in [3.05, 3.63) is 59.5 Å². The molecule has 1 fully saturated rings. The van der Waals surface area contributed by atoms with Crippen LogP contribution in [0.15, 0.2) is 52.1 Å². The fourth-order valence-corrected chi connectivity index (χ4v) is 3.29. The van der Waals surface area contributed by atoms with E-state index in [0.717, 1.165) is 24.4 Å². The first-order valence-electron chi connectivity index (χ1n) is 10.3. The third-order valence-corrected chi connectivity index (χ3v) is 4.85. The molecule has 2 heterocycles. The number of rotatable bonds is 9. The molecule has 1 amide bonds. The quantitative estimate of drug-likeness (QED) is 0.447. The molecule has 0 saturated carbocycles. The minimum Gasteiger partial charge on any atom is -0.467 e. The van der Waals surface area contributed by atoms with Crippen molar-refractivity contribution in [3.8, 4) is 0 Å². The molecule has 3 rings (SSSR count). The van der Waals surface area contributed by atoms with Gasteiger partial charge < -0.3 is 20.4 Å². The molecule has 3 N–H and O–H groups in total. The molecule has 29 heavy (non-hydrogen) atoms. The molecule has 0 radical (unpaired) electrons. The summed E-state index contributed by atoms with van der Waals surface area (Å²) in [4.78, 5) is 19.1. The number of nitrogens with zero attached hydrogens (tertiary/aromatic N) is 2. The standard InChI is InChI=1S/C22H31N5O2/c1-2-23-22(26-16-21(28)24-15-20-6-5-13-29-20)25-14-18-7-9-19(10-8-18)17-27-11-3-4-12-27/h5-10,13H,2-4,11-12,14-17H2,1H3,(H,24,28)(H2,23,25,26). The van der Waals surface area contributed by atoms with Crippen LogP contribution in [0.3, 0.4) is 0 Å². The predicted octanol–water partition coefficient (Wildman–Crippen LogP) is 2.25. The van der Waals surface area contributed by atoms with E-state index in [2.05, 4.69) is 50.1 Å². The van der Waals surface area contributed by atoms with Crippen molar-refractivity contribution in [2.24, 2.45) is 4.99 Å². The van der Waals surface area contributed by atoms with Crippen LogP contribution in [-0.2, 0) is 24.4 Å². The van der Waals surface area contributed by atoms with Crippen LogP contribution in [0.2, 0.25) is 0 Å². The van der Waals surface area contributed by atoms with E-state index in [1.165, 1.54) is 31.5 Å². The van der Waals surface area contributed by atoms with Gasteiger partial charge in [-0.3, -0.25) is 9.69 Å². The normalized spacial score (nSPS) is 14.7. The van der Waals surface area contributed by atoms with Crippen molar-refractivity contribution in [2.45, 2.75) is 39.4 Å². The molecule has 0 bridgehead atoms. The van der Waals surface area contributed by atoms with Gasteiger partial charge in [0.15, 0.2) is 5.96 Å². The minimum absolute atomic E-state index is 0.113. The number of carbonyl (C=O) groups is 1. The molecular formula is C22H31N5O2. The summed E-state index contributed by atoms with van der Waals surface area (Å²) in [7, 11) is 0. The molecule has 1 aliphatic rings. The lowest BCUT2D eigenvalue weighted by molar-refractivity contribution is -0.120. The summed E-state index contributed by atoms with van der Waals surface area (Å²) in [6.07, 6.45) is 4.22. The van der Waals surface area contributed by atoms with E-state index >= 15 is 0 Å². The lowest BCUT2D eigenvalue weighted by Crippen LogP contribution is -2.43. The Morgan fingerprint density at radius 2 is 1.83 bits per heavy atom. The predicted molar refractivity (Wildman–Crippen MR) is 114 cm³/mol. The monoisotopic (exact) mass is 397 g/mol. The average molecular weight is 398 g/mol. The summed E-state index contributed by atoms with van der Waals surface area (Å²) in [5.74, 6) is 1.24. The lowest BCUT2D eigenvalue weighted by Gasteiger charge is -2.14. The number of benzene rings is 1. The molecule has 2 aromatic rings. The third kappa shape index (κ3) is 7.27. The van der Waals surface area contributed by atoms with Gasteiger partial charge in [-0.25, -0.2) is 4.99 Å². The highest BCUT2D eigenvalue weighted by Crippen LogP contribution is 2.13. The van der Waals surface area contributed by atoms with Gasteiger partial charge in [-0.2, -0.15) is 0 Å². The Morgan fingerprint density at radius 3 is 2.52 bits per heavy atom. The SMILES string of the molecule is CCNC(=NCc1ccc(CN2CCCC2)cc1)NCC(=O)NCc1ccco1. The molecular weight excluding hydrogens is 366 g/mol. The van der Waals surface area contributed by atoms with Crippen molar-refractivity contribution < 1.29 is 9.21 Å². The van der Waals surface area contributed by atoms with Gasteiger partial charge in [0, 0.05) is 13.1 Å². The van der Waals surface area contributed by atoms with Gasteiger partial charge in [-0.15, -0.1) is 0 Å². The number of aliphatic imine (C=N–C) groups is 1. The van der Waals surface area contributed by atoms with E-state index in [0.29, 0.717) is 19.0 Å². The summed E-state index contributed by atoms with van der Waals surface area (Å²) < 4.78 is 5.21. The number of hydrogen-bond acceptors (Lipinski definition) is 4. The number of guanidine groups is 1. The maximum atomic E-state index is 12.0. The van der Waals surface area contributed by atoms with Crippen molar-refractivity contribution in [1.82, 2.24) is 20.9 Å². The van der Waals surface area contributed by atoms with Crippen LogP contribution < -0.4 is 16.0 Å². The molecule has 0 aliphatic carbocycles. The summed E-state index contributed by atoms with van der Waals surface area (Å²) in [6.45, 7) is 7.27. The van der Waals surface area contributed by atoms with Crippen LogP contribution in [0.25, 0.3) is 0 Å². The first-order valence-corrected chi connectivity index (χ1v) is 10.3. The van der Waals surface area contributed by atoms with Gasteiger partial charge in [0.1, 0.15) is 5.76 Å². The highest BCUT2D eigenvalue weighted by molar-refractivity contribution is 5.86. The van der Waals surface area contributed by atoms with E-state index in [9.17, 15) is 4.79 Å². The highest BCUT2D eigenvalue weighted by Gasteiger charge is 2.11. The Labute approximate surface area is 172 Å². The van der Waals surface area contributed by atoms with E-state index in [1.54, 1.807) is 12.3 Å². The van der Waals surface area contributed by atoms with Crippen LogP contribution >= 0.6 is 0 Å². The van der Waals surface area contributed by atoms with E-state index in [-0.39, 0.29) is 12.5 Å². The average Bonchev–Trinajstić information content (AvgIpc) is 3.44. The van der Waals surface area contributed by atoms with Crippen molar-refractivity contribution >= 4 is 11.9 Å². The van der Waals surface area contributed by atoms with Gasteiger partial charge in [-0.1, -0.05) is 24.3 Å². The summed E-state index contributed by atoms with van der Waals surface area (Å²) in [6, 6.07) is 12.3. The van der Waals surface area contributed by atoms with Gasteiger partial charge in [0.25, 0.3) is 0 Å². The minimum atomic E-state index is -0.113. The Bertz CT molecular complexity index is 765. The van der Waals surface area contributed by atoms with Gasteiger partial charge in [0.2, 0.25) is 5.91 Å². The first kappa shape index (κ1) is 20.9. The second-order valence-corrected chi connectivity index (χ2v) is 7.20. The van der Waals surface area contributed by atoms with E-state index in [1.807, 2.05) is 13.0 Å². The highest BCUT2D eigenvalue weighted by atomic mass is 16.3. The van der Waals surface area contributed by atoms with Crippen LogP contribution in [0, 0.1) is 0 Å². The second kappa shape index (κ2) is 11.3. The summed E-state index contributed by atoms with van der Waals surface area (Å²) in [5.41, 5.74) is 2.49. The van der Waals surface area contributed by atoms with Crippen LogP contribution in [-0.4, -0.2) is 42.9 Å². The summed E-state index contributed by atoms with van der Waals surface area (Å²) >= 11 is 0. The number of hydrogen-bond donors (Lipinski definition) is 3. The molecule has 0 spiro atoms. The smallest absolute Gasteiger partial charge is 0.239 e. The Balaban J connectivity index is 1.44. The molecule has 1 aliphatic heterocycles. The largest absolute Gasteiger partial charge is 0.467 e. The van der Waals surface area contributed by atoms with Gasteiger partial charge in [0.05, 0.1) is 25.9 Å². The van der Waals surface area contributed by atoms with Gasteiger partial charge >= 0.3 is 0 Å². The Kier molecular flexibility index (Phi) is 8.12. The van der Waals surface area contributed by atoms with Crippen molar-refractivity contribution in [2.75, 3.05) is 26.2 Å². The number of furan rings is 1. The second-order valence-electron chi connectivity index (χ2n) is 7.20. The molecule has 1 saturated heterocycles. The fraction of sp³-hybridized carbons (Fsp3) is 0.455. The zero-order valence-electron chi connectivity index (χ0n) is 17.1. The summed E-state index contributed by atoms with van der Waals surface area (Å²) in [5, 5.41) is 9.05. The lowest BCUT2D eigenvalue weighted by atomic mass is 10.1. The van der Waals surface area contributed by atoms with Crippen LogP contribution in [0.1, 0.15) is 36.7 Å². The van der Waals surface area contributed by atoms with Crippen LogP contribution in [0.5, 0.6) is 0 Å². The van der Waals surface area contributed by atoms with E-state index < -0.39 is 0 Å². The van der Waals surface area contributed by atoms with Gasteiger partial charge in [-0.05, 0) is 56.1 Å². The molecule has 0 unspecified atom stereocenters. The number of likely N-dealkylation sites (tertiary alicyclic amines) is 1. The number of nitrogens with one attached hydrogen (secondary N) is 3. The number of amides is 1. The molecule has 7 heteroatoms. The maximum Gasteiger partial charge on any atom is 0.239 e. The Hall–Kier alpha value is -2.80. The molecule has 7 nitrogen and oxygen atoms in total. The zero-order chi connectivity index (χ0) is 20.3. The zero-order valence-corrected chi connectivity index (χ0v) is 17.1.